The molecule has 0 aliphatic carbocycles. The van der Waals surface area contributed by atoms with E-state index in [9.17, 15) is 9.59 Å². The molecule has 0 aliphatic rings. The van der Waals surface area contributed by atoms with Crippen molar-refractivity contribution in [3.05, 3.63) is 24.3 Å². The van der Waals surface area contributed by atoms with Crippen molar-refractivity contribution < 1.29 is 14.3 Å². The van der Waals surface area contributed by atoms with Gasteiger partial charge in [-0.25, -0.2) is 4.79 Å². The molecule has 0 spiro atoms. The smallest absolute Gasteiger partial charge is 0.319 e. The van der Waals surface area contributed by atoms with Gasteiger partial charge in [0.1, 0.15) is 5.75 Å². The molecule has 0 atom stereocenters. The fourth-order valence-electron chi connectivity index (χ4n) is 1.45. The summed E-state index contributed by atoms with van der Waals surface area (Å²) in [6.07, 6.45) is 0.889. The molecular formula is C14H21N3O3. The number of rotatable bonds is 7. The van der Waals surface area contributed by atoms with E-state index >= 15 is 0 Å². The number of carbonyl (C=O) groups excluding carboxylic acids is 2. The van der Waals surface area contributed by atoms with Crippen molar-refractivity contribution in [1.29, 1.82) is 0 Å². The second kappa shape index (κ2) is 8.79. The highest BCUT2D eigenvalue weighted by Crippen LogP contribution is 2.15. The molecule has 20 heavy (non-hydrogen) atoms. The predicted molar refractivity (Wildman–Crippen MR) is 77.9 cm³/mol. The van der Waals surface area contributed by atoms with E-state index in [0.717, 1.165) is 6.42 Å². The lowest BCUT2D eigenvalue weighted by Gasteiger charge is -2.09. The summed E-state index contributed by atoms with van der Waals surface area (Å²) in [7, 11) is 0. The Kier molecular flexibility index (Phi) is 6.95. The van der Waals surface area contributed by atoms with Gasteiger partial charge in [-0.1, -0.05) is 6.92 Å². The van der Waals surface area contributed by atoms with E-state index in [0.29, 0.717) is 24.5 Å². The first-order valence-electron chi connectivity index (χ1n) is 6.70. The van der Waals surface area contributed by atoms with Crippen LogP contribution in [-0.2, 0) is 4.79 Å². The standard InChI is InChI=1S/C14H21N3O3/c1-3-9-16-14(19)17-11-5-7-12(8-6-11)20-10-13(18)15-4-2/h5-8H,3-4,9-10H2,1-2H3,(H,15,18)(H2,16,17,19). The third kappa shape index (κ3) is 6.08. The van der Waals surface area contributed by atoms with E-state index in [-0.39, 0.29) is 18.5 Å². The van der Waals surface area contributed by atoms with Crippen LogP contribution in [-0.4, -0.2) is 31.6 Å². The molecule has 0 heterocycles. The summed E-state index contributed by atoms with van der Waals surface area (Å²) < 4.78 is 5.30. The number of ether oxygens (including phenoxy) is 1. The van der Waals surface area contributed by atoms with Gasteiger partial charge in [-0.3, -0.25) is 4.79 Å². The Hall–Kier alpha value is -2.24. The first kappa shape index (κ1) is 15.8. The number of nitrogens with one attached hydrogen (secondary N) is 3. The van der Waals surface area contributed by atoms with Crippen LogP contribution < -0.4 is 20.7 Å². The summed E-state index contributed by atoms with van der Waals surface area (Å²) in [6.45, 7) is 5.04. The molecule has 0 radical (unpaired) electrons. The van der Waals surface area contributed by atoms with Gasteiger partial charge in [0.05, 0.1) is 0 Å². The van der Waals surface area contributed by atoms with E-state index in [2.05, 4.69) is 16.0 Å². The normalized spacial score (nSPS) is 9.70. The van der Waals surface area contributed by atoms with Gasteiger partial charge in [-0.15, -0.1) is 0 Å². The van der Waals surface area contributed by atoms with Crippen molar-refractivity contribution in [1.82, 2.24) is 10.6 Å². The van der Waals surface area contributed by atoms with Crippen molar-refractivity contribution in [3.63, 3.8) is 0 Å². The SMILES string of the molecule is CCCNC(=O)Nc1ccc(OCC(=O)NCC)cc1. The van der Waals surface area contributed by atoms with E-state index in [4.69, 9.17) is 4.74 Å². The molecule has 0 aliphatic heterocycles. The molecule has 0 fully saturated rings. The highest BCUT2D eigenvalue weighted by Gasteiger charge is 2.03. The molecule has 0 saturated heterocycles. The second-order valence-corrected chi connectivity index (χ2v) is 4.15. The Morgan fingerprint density at radius 3 is 2.40 bits per heavy atom. The number of urea groups is 1. The lowest BCUT2D eigenvalue weighted by atomic mass is 10.3. The molecule has 0 bridgehead atoms. The monoisotopic (exact) mass is 279 g/mol. The van der Waals surface area contributed by atoms with Crippen LogP contribution in [0.5, 0.6) is 5.75 Å². The Bertz CT molecular complexity index is 432. The van der Waals surface area contributed by atoms with Gasteiger partial charge in [-0.05, 0) is 37.6 Å². The van der Waals surface area contributed by atoms with Crippen molar-refractivity contribution in [3.8, 4) is 5.75 Å². The molecule has 0 saturated carbocycles. The molecule has 6 heteroatoms. The number of benzene rings is 1. The van der Waals surface area contributed by atoms with Gasteiger partial charge in [0.15, 0.2) is 6.61 Å². The topological polar surface area (TPSA) is 79.5 Å². The van der Waals surface area contributed by atoms with Crippen molar-refractivity contribution in [2.75, 3.05) is 25.0 Å². The lowest BCUT2D eigenvalue weighted by molar-refractivity contribution is -0.122. The van der Waals surface area contributed by atoms with Gasteiger partial charge in [-0.2, -0.15) is 0 Å². The number of amides is 3. The Balaban J connectivity index is 2.40. The molecule has 3 N–H and O–H groups in total. The van der Waals surface area contributed by atoms with Crippen molar-refractivity contribution in [2.45, 2.75) is 20.3 Å². The first-order chi connectivity index (χ1) is 9.65. The highest BCUT2D eigenvalue weighted by molar-refractivity contribution is 5.89. The van der Waals surface area contributed by atoms with E-state index in [1.165, 1.54) is 0 Å². The molecule has 6 nitrogen and oxygen atoms in total. The van der Waals surface area contributed by atoms with Gasteiger partial charge < -0.3 is 20.7 Å². The molecule has 1 aromatic rings. The molecule has 0 unspecified atom stereocenters. The first-order valence-corrected chi connectivity index (χ1v) is 6.70. The molecular weight excluding hydrogens is 258 g/mol. The Labute approximate surface area is 118 Å². The molecule has 110 valence electrons. The fourth-order valence-corrected chi connectivity index (χ4v) is 1.45. The van der Waals surface area contributed by atoms with E-state index in [1.807, 2.05) is 13.8 Å². The number of hydrogen-bond donors (Lipinski definition) is 3. The average molecular weight is 279 g/mol. The highest BCUT2D eigenvalue weighted by atomic mass is 16.5. The molecule has 1 rings (SSSR count). The Morgan fingerprint density at radius 1 is 1.10 bits per heavy atom. The lowest BCUT2D eigenvalue weighted by Crippen LogP contribution is -2.29. The van der Waals surface area contributed by atoms with Crippen LogP contribution in [0.25, 0.3) is 0 Å². The zero-order valence-electron chi connectivity index (χ0n) is 11.9. The van der Waals surface area contributed by atoms with Crippen LogP contribution in [0.2, 0.25) is 0 Å². The zero-order chi connectivity index (χ0) is 14.8. The fraction of sp³-hybridized carbons (Fsp3) is 0.429. The van der Waals surface area contributed by atoms with Crippen LogP contribution >= 0.6 is 0 Å². The van der Waals surface area contributed by atoms with E-state index < -0.39 is 0 Å². The summed E-state index contributed by atoms with van der Waals surface area (Å²) >= 11 is 0. The van der Waals surface area contributed by atoms with E-state index in [1.54, 1.807) is 24.3 Å². The number of likely N-dealkylation sites (N-methyl/N-ethyl adjacent to an activating group) is 1. The summed E-state index contributed by atoms with van der Waals surface area (Å²) in [5.41, 5.74) is 0.670. The summed E-state index contributed by atoms with van der Waals surface area (Å²) in [5, 5.41) is 8.06. The van der Waals surface area contributed by atoms with Crippen LogP contribution in [0.1, 0.15) is 20.3 Å². The zero-order valence-corrected chi connectivity index (χ0v) is 11.9. The van der Waals surface area contributed by atoms with Crippen LogP contribution in [0.15, 0.2) is 24.3 Å². The minimum Gasteiger partial charge on any atom is -0.484 e. The molecule has 3 amide bonds. The van der Waals surface area contributed by atoms with Crippen LogP contribution in [0.4, 0.5) is 10.5 Å². The second-order valence-electron chi connectivity index (χ2n) is 4.15. The molecule has 0 aromatic heterocycles. The third-order valence-corrected chi connectivity index (χ3v) is 2.39. The van der Waals surface area contributed by atoms with Gasteiger partial charge >= 0.3 is 6.03 Å². The maximum Gasteiger partial charge on any atom is 0.319 e. The average Bonchev–Trinajstić information content (AvgIpc) is 2.45. The third-order valence-electron chi connectivity index (χ3n) is 2.39. The largest absolute Gasteiger partial charge is 0.484 e. The quantitative estimate of drug-likeness (QED) is 0.711. The summed E-state index contributed by atoms with van der Waals surface area (Å²) in [5.74, 6) is 0.421. The number of anilines is 1. The summed E-state index contributed by atoms with van der Waals surface area (Å²) in [4.78, 5) is 22.7. The maximum atomic E-state index is 11.4. The number of carbonyl (C=O) groups is 2. The molecule has 1 aromatic carbocycles. The Morgan fingerprint density at radius 2 is 1.80 bits per heavy atom. The van der Waals surface area contributed by atoms with Gasteiger partial charge in [0.2, 0.25) is 0 Å². The number of hydrogen-bond acceptors (Lipinski definition) is 3. The van der Waals surface area contributed by atoms with Gasteiger partial charge in [0.25, 0.3) is 5.91 Å². The maximum absolute atomic E-state index is 11.4. The summed E-state index contributed by atoms with van der Waals surface area (Å²) in [6, 6.07) is 6.61. The minimum atomic E-state index is -0.233. The van der Waals surface area contributed by atoms with Crippen molar-refractivity contribution >= 4 is 17.6 Å². The predicted octanol–water partition coefficient (Wildman–Crippen LogP) is 1.73. The van der Waals surface area contributed by atoms with Gasteiger partial charge in [0, 0.05) is 18.8 Å². The van der Waals surface area contributed by atoms with Crippen LogP contribution in [0.3, 0.4) is 0 Å². The van der Waals surface area contributed by atoms with Crippen LogP contribution in [0, 0.1) is 0 Å². The minimum absolute atomic E-state index is 0.0163. The van der Waals surface area contributed by atoms with Crippen molar-refractivity contribution in [2.24, 2.45) is 0 Å².